The second-order valence-corrected chi connectivity index (χ2v) is 4.73. The molecule has 0 fully saturated rings. The van der Waals surface area contributed by atoms with Gasteiger partial charge in [-0.1, -0.05) is 27.3 Å². The fourth-order valence-corrected chi connectivity index (χ4v) is 2.04. The zero-order valence-electron chi connectivity index (χ0n) is 8.22. The number of aromatic amines is 1. The van der Waals surface area contributed by atoms with Crippen LogP contribution in [0.25, 0.3) is 0 Å². The summed E-state index contributed by atoms with van der Waals surface area (Å²) in [5.41, 5.74) is 0.763. The molecule has 1 rings (SSSR count). The Labute approximate surface area is 100 Å². The molecular weight excluding hydrogens is 280 g/mol. The maximum Gasteiger partial charge on any atom is 0.304 e. The number of amides is 1. The van der Waals surface area contributed by atoms with Crippen LogP contribution in [0, 0.1) is 0 Å². The molecule has 0 bridgehead atoms. The van der Waals surface area contributed by atoms with Crippen LogP contribution in [0.5, 0.6) is 0 Å². The Kier molecular flexibility index (Phi) is 5.63. The number of carbonyl (C=O) groups is 1. The van der Waals surface area contributed by atoms with Crippen molar-refractivity contribution in [2.75, 3.05) is 5.33 Å². The molecule has 1 heterocycles. The molecule has 6 heteroatoms. The number of carbonyl (C=O) groups excluding carboxylic acids is 1. The quantitative estimate of drug-likeness (QED) is 0.618. The van der Waals surface area contributed by atoms with Crippen molar-refractivity contribution in [3.8, 4) is 0 Å². The van der Waals surface area contributed by atoms with Gasteiger partial charge in [0.2, 0.25) is 5.91 Å². The summed E-state index contributed by atoms with van der Waals surface area (Å²) in [5, 5.41) is 5.41. The van der Waals surface area contributed by atoms with Crippen LogP contribution in [0.4, 0.5) is 0 Å². The van der Waals surface area contributed by atoms with Crippen molar-refractivity contribution < 1.29 is 4.79 Å². The molecule has 0 unspecified atom stereocenters. The second kappa shape index (κ2) is 6.79. The van der Waals surface area contributed by atoms with E-state index in [1.165, 1.54) is 0 Å². The molecule has 1 aromatic rings. The number of nitrogens with one attached hydrogen (secondary N) is 2. The van der Waals surface area contributed by atoms with Crippen LogP contribution in [-0.4, -0.2) is 16.2 Å². The first-order valence-electron chi connectivity index (χ1n) is 4.71. The van der Waals surface area contributed by atoms with E-state index in [1.54, 1.807) is 5.38 Å². The largest absolute Gasteiger partial charge is 0.351 e. The SMILES string of the molecule is O=C(CCCCBr)NCc1csc(=O)[nH]1. The van der Waals surface area contributed by atoms with Crippen molar-refractivity contribution in [3.05, 3.63) is 20.7 Å². The van der Waals surface area contributed by atoms with Crippen LogP contribution in [0.1, 0.15) is 25.0 Å². The van der Waals surface area contributed by atoms with Gasteiger partial charge in [-0.25, -0.2) is 0 Å². The Balaban J connectivity index is 2.19. The average molecular weight is 293 g/mol. The van der Waals surface area contributed by atoms with Crippen LogP contribution in [0.15, 0.2) is 10.2 Å². The molecule has 2 N–H and O–H groups in total. The van der Waals surface area contributed by atoms with Gasteiger partial charge in [0.15, 0.2) is 0 Å². The summed E-state index contributed by atoms with van der Waals surface area (Å²) in [6.45, 7) is 0.409. The Morgan fingerprint density at radius 1 is 1.53 bits per heavy atom. The summed E-state index contributed by atoms with van der Waals surface area (Å²) in [6.07, 6.45) is 2.43. The molecule has 0 aliphatic heterocycles. The highest BCUT2D eigenvalue weighted by Crippen LogP contribution is 1.99. The molecule has 84 valence electrons. The van der Waals surface area contributed by atoms with Crippen LogP contribution in [0.2, 0.25) is 0 Å². The summed E-state index contributed by atoms with van der Waals surface area (Å²) < 4.78 is 0. The topological polar surface area (TPSA) is 62.0 Å². The third kappa shape index (κ3) is 5.13. The van der Waals surface area contributed by atoms with Crippen molar-refractivity contribution in [1.29, 1.82) is 0 Å². The number of H-pyrrole nitrogens is 1. The zero-order valence-corrected chi connectivity index (χ0v) is 10.6. The third-order valence-corrected chi connectivity index (χ3v) is 3.11. The molecule has 0 aromatic carbocycles. The Morgan fingerprint density at radius 2 is 2.33 bits per heavy atom. The standard InChI is InChI=1S/C9H13BrN2O2S/c10-4-2-1-3-8(13)11-5-7-6-15-9(14)12-7/h6H,1-5H2,(H,11,13)(H,12,14). The summed E-state index contributed by atoms with van der Waals surface area (Å²) in [5.74, 6) is 0.0306. The molecular formula is C9H13BrN2O2S. The molecule has 1 aromatic heterocycles. The van der Waals surface area contributed by atoms with E-state index < -0.39 is 0 Å². The Bertz CT molecular complexity index is 361. The van der Waals surface area contributed by atoms with Crippen LogP contribution in [0.3, 0.4) is 0 Å². The summed E-state index contributed by atoms with van der Waals surface area (Å²) >= 11 is 4.42. The lowest BCUT2D eigenvalue weighted by Crippen LogP contribution is -2.22. The van der Waals surface area contributed by atoms with Gasteiger partial charge in [-0.05, 0) is 12.8 Å². The van der Waals surface area contributed by atoms with Crippen LogP contribution in [-0.2, 0) is 11.3 Å². The minimum atomic E-state index is -0.0847. The highest BCUT2D eigenvalue weighted by Gasteiger charge is 2.01. The van der Waals surface area contributed by atoms with Gasteiger partial charge >= 0.3 is 4.87 Å². The van der Waals surface area contributed by atoms with Crippen LogP contribution >= 0.6 is 27.3 Å². The molecule has 0 saturated carbocycles. The minimum Gasteiger partial charge on any atom is -0.351 e. The number of alkyl halides is 1. The first kappa shape index (κ1) is 12.4. The third-order valence-electron chi connectivity index (χ3n) is 1.83. The zero-order chi connectivity index (χ0) is 11.1. The fraction of sp³-hybridized carbons (Fsp3) is 0.556. The van der Waals surface area contributed by atoms with E-state index in [2.05, 4.69) is 26.2 Å². The van der Waals surface area contributed by atoms with Gasteiger partial charge in [-0.15, -0.1) is 0 Å². The first-order chi connectivity index (χ1) is 7.22. The van der Waals surface area contributed by atoms with Crippen molar-refractivity contribution >= 4 is 33.2 Å². The molecule has 4 nitrogen and oxygen atoms in total. The van der Waals surface area contributed by atoms with E-state index in [9.17, 15) is 9.59 Å². The lowest BCUT2D eigenvalue weighted by molar-refractivity contribution is -0.121. The number of unbranched alkanes of at least 4 members (excludes halogenated alkanes) is 1. The molecule has 0 radical (unpaired) electrons. The lowest BCUT2D eigenvalue weighted by Gasteiger charge is -2.02. The molecule has 0 aliphatic carbocycles. The van der Waals surface area contributed by atoms with E-state index in [-0.39, 0.29) is 10.8 Å². The number of thiazole rings is 1. The van der Waals surface area contributed by atoms with Crippen molar-refractivity contribution in [1.82, 2.24) is 10.3 Å². The smallest absolute Gasteiger partial charge is 0.304 e. The number of hydrogen-bond acceptors (Lipinski definition) is 3. The van der Waals surface area contributed by atoms with Gasteiger partial charge < -0.3 is 10.3 Å². The lowest BCUT2D eigenvalue weighted by atomic mass is 10.2. The molecule has 0 spiro atoms. The maximum atomic E-state index is 11.3. The maximum absolute atomic E-state index is 11.3. The van der Waals surface area contributed by atoms with E-state index in [4.69, 9.17) is 0 Å². The van der Waals surface area contributed by atoms with Gasteiger partial charge in [-0.2, -0.15) is 0 Å². The van der Waals surface area contributed by atoms with Crippen molar-refractivity contribution in [2.24, 2.45) is 0 Å². The van der Waals surface area contributed by atoms with Gasteiger partial charge in [0.05, 0.1) is 6.54 Å². The molecule has 0 aliphatic rings. The summed E-state index contributed by atoms with van der Waals surface area (Å²) in [6, 6.07) is 0. The van der Waals surface area contributed by atoms with E-state index in [0.717, 1.165) is 35.2 Å². The van der Waals surface area contributed by atoms with Gasteiger partial charge in [-0.3, -0.25) is 9.59 Å². The average Bonchev–Trinajstić information content (AvgIpc) is 2.62. The normalized spacial score (nSPS) is 10.2. The number of rotatable bonds is 6. The minimum absolute atomic E-state index is 0.0306. The molecule has 15 heavy (non-hydrogen) atoms. The number of hydrogen-bond donors (Lipinski definition) is 2. The highest BCUT2D eigenvalue weighted by molar-refractivity contribution is 9.09. The summed E-state index contributed by atoms with van der Waals surface area (Å²) in [7, 11) is 0. The second-order valence-electron chi connectivity index (χ2n) is 3.10. The van der Waals surface area contributed by atoms with Gasteiger partial charge in [0.1, 0.15) is 0 Å². The van der Waals surface area contributed by atoms with Crippen LogP contribution < -0.4 is 10.2 Å². The fourth-order valence-electron chi connectivity index (χ4n) is 1.06. The highest BCUT2D eigenvalue weighted by atomic mass is 79.9. The van der Waals surface area contributed by atoms with E-state index >= 15 is 0 Å². The molecule has 0 atom stereocenters. The monoisotopic (exact) mass is 292 g/mol. The molecule has 1 amide bonds. The van der Waals surface area contributed by atoms with Crippen molar-refractivity contribution in [3.63, 3.8) is 0 Å². The predicted octanol–water partition coefficient (Wildman–Crippen LogP) is 1.62. The number of halogens is 1. The van der Waals surface area contributed by atoms with E-state index in [1.807, 2.05) is 0 Å². The van der Waals surface area contributed by atoms with Gasteiger partial charge in [0.25, 0.3) is 0 Å². The number of aromatic nitrogens is 1. The molecule has 0 saturated heterocycles. The summed E-state index contributed by atoms with van der Waals surface area (Å²) in [4.78, 5) is 24.6. The Morgan fingerprint density at radius 3 is 2.93 bits per heavy atom. The predicted molar refractivity (Wildman–Crippen MR) is 64.4 cm³/mol. The van der Waals surface area contributed by atoms with Crippen molar-refractivity contribution in [2.45, 2.75) is 25.8 Å². The van der Waals surface area contributed by atoms with Gasteiger partial charge in [0, 0.05) is 22.8 Å². The van der Waals surface area contributed by atoms with E-state index in [0.29, 0.717) is 13.0 Å². The first-order valence-corrected chi connectivity index (χ1v) is 6.72. The Hall–Kier alpha value is -0.620.